The van der Waals surface area contributed by atoms with Gasteiger partial charge in [0.05, 0.1) is 43.2 Å². The van der Waals surface area contributed by atoms with Crippen LogP contribution in [0.3, 0.4) is 0 Å². The van der Waals surface area contributed by atoms with Gasteiger partial charge < -0.3 is 28.2 Å². The molecule has 0 amide bonds. The number of aliphatic hydroxyl groups is 1. The van der Waals surface area contributed by atoms with Crippen molar-refractivity contribution in [2.75, 3.05) is 6.61 Å². The van der Waals surface area contributed by atoms with Crippen molar-refractivity contribution < 1.29 is 28.2 Å². The summed E-state index contributed by atoms with van der Waals surface area (Å²) in [6.07, 6.45) is 28.4. The van der Waals surface area contributed by atoms with Crippen LogP contribution in [-0.2, 0) is 29.7 Å². The summed E-state index contributed by atoms with van der Waals surface area (Å²) >= 11 is 0. The van der Waals surface area contributed by atoms with Crippen molar-refractivity contribution in [1.82, 2.24) is 0 Å². The third-order valence-corrected chi connectivity index (χ3v) is 28.1. The molecule has 0 aliphatic carbocycles. The fourth-order valence-electron chi connectivity index (χ4n) is 13.6. The summed E-state index contributed by atoms with van der Waals surface area (Å²) < 4.78 is 35.7. The summed E-state index contributed by atoms with van der Waals surface area (Å²) in [6.45, 7) is 18.0. The minimum atomic E-state index is -2.78. The van der Waals surface area contributed by atoms with E-state index in [0.29, 0.717) is 6.61 Å². The molecule has 0 spiro atoms. The van der Waals surface area contributed by atoms with E-state index in [-0.39, 0.29) is 46.7 Å². The monoisotopic (exact) mass is 1140 g/mol. The lowest BCUT2D eigenvalue weighted by molar-refractivity contribution is -0.108. The quantitative estimate of drug-likeness (QED) is 0.0316. The van der Waals surface area contributed by atoms with Crippen LogP contribution < -0.4 is 20.7 Å². The van der Waals surface area contributed by atoms with Crippen LogP contribution in [0.1, 0.15) is 215 Å². The van der Waals surface area contributed by atoms with Crippen molar-refractivity contribution >= 4 is 37.4 Å². The Morgan fingerprint density at radius 1 is 0.432 bits per heavy atom. The van der Waals surface area contributed by atoms with Crippen LogP contribution in [0.2, 0.25) is 10.1 Å². The van der Waals surface area contributed by atoms with Crippen molar-refractivity contribution in [2.24, 2.45) is 0 Å². The molecular weight excluding hydrogens is 1030 g/mol. The number of rotatable bonds is 37. The molecule has 2 heterocycles. The van der Waals surface area contributed by atoms with E-state index >= 15 is 0 Å². The highest BCUT2D eigenvalue weighted by atomic mass is 28.4. The first kappa shape index (κ1) is 64.8. The number of hydrogen-bond acceptors (Lipinski definition) is 6. The van der Waals surface area contributed by atoms with Gasteiger partial charge in [0.2, 0.25) is 0 Å². The molecule has 444 valence electrons. The molecule has 7 atom stereocenters. The van der Waals surface area contributed by atoms with Crippen LogP contribution in [-0.4, -0.2) is 71.1 Å². The lowest BCUT2D eigenvalue weighted by Crippen LogP contribution is -2.68. The number of aliphatic hydroxyl groups excluding tert-OH is 1. The normalized spacial score (nSPS) is 19.2. The van der Waals surface area contributed by atoms with Gasteiger partial charge in [-0.05, 0) is 94.2 Å². The molecule has 0 radical (unpaired) electrons. The van der Waals surface area contributed by atoms with Gasteiger partial charge in [-0.3, -0.25) is 0 Å². The van der Waals surface area contributed by atoms with Crippen molar-refractivity contribution in [1.29, 1.82) is 0 Å². The number of benzene rings is 5. The van der Waals surface area contributed by atoms with E-state index in [1.165, 1.54) is 110 Å². The maximum Gasteiger partial charge on any atom is 0.261 e. The van der Waals surface area contributed by atoms with Gasteiger partial charge in [0.15, 0.2) is 0 Å². The second-order valence-electron chi connectivity index (χ2n) is 26.2. The molecule has 0 saturated carbocycles. The Hall–Kier alpha value is -3.71. The highest BCUT2D eigenvalue weighted by Crippen LogP contribution is 2.42. The van der Waals surface area contributed by atoms with Crippen LogP contribution in [0.4, 0.5) is 0 Å². The molecule has 5 aromatic rings. The van der Waals surface area contributed by atoms with Gasteiger partial charge in [0, 0.05) is 12.7 Å². The lowest BCUT2D eigenvalue weighted by atomic mass is 10.00. The van der Waals surface area contributed by atoms with E-state index in [2.05, 4.69) is 200 Å². The molecule has 7 rings (SSSR count). The number of hydrogen-bond donors (Lipinski definition) is 1. The third kappa shape index (κ3) is 18.9. The second-order valence-corrected chi connectivity index (χ2v) is 34.7. The Balaban J connectivity index is 0.858. The average Bonchev–Trinajstić information content (AvgIpc) is 4.35. The largest absolute Gasteiger partial charge is 0.404 e. The Morgan fingerprint density at radius 2 is 0.802 bits per heavy atom. The summed E-state index contributed by atoms with van der Waals surface area (Å²) in [5, 5.41) is 16.7. The zero-order chi connectivity index (χ0) is 57.2. The van der Waals surface area contributed by atoms with Crippen LogP contribution in [0.15, 0.2) is 152 Å². The zero-order valence-corrected chi connectivity index (χ0v) is 53.6. The molecule has 2 fully saturated rings. The fraction of sp³-hybridized carbons (Fsp3) is 0.589. The maximum absolute atomic E-state index is 11.5. The minimum Gasteiger partial charge on any atom is -0.404 e. The van der Waals surface area contributed by atoms with Crippen LogP contribution in [0.5, 0.6) is 0 Å². The van der Waals surface area contributed by atoms with Crippen LogP contribution >= 0.6 is 0 Å². The molecule has 0 aromatic heterocycles. The molecule has 2 aliphatic heterocycles. The molecule has 0 unspecified atom stereocenters. The minimum absolute atomic E-state index is 0.00356. The topological polar surface area (TPSA) is 66.4 Å². The summed E-state index contributed by atoms with van der Waals surface area (Å²) in [5.41, 5.74) is 1.22. The van der Waals surface area contributed by atoms with E-state index in [4.69, 9.17) is 23.1 Å². The van der Waals surface area contributed by atoms with E-state index in [1.54, 1.807) is 0 Å². The fourth-order valence-corrected chi connectivity index (χ4v) is 23.0. The average molecular weight is 1140 g/mol. The van der Waals surface area contributed by atoms with Gasteiger partial charge in [-0.2, -0.15) is 0 Å². The lowest BCUT2D eigenvalue weighted by Gasteiger charge is -2.46. The van der Waals surface area contributed by atoms with Gasteiger partial charge in [-0.1, -0.05) is 303 Å². The molecule has 0 bridgehead atoms. The van der Waals surface area contributed by atoms with Crippen molar-refractivity contribution in [3.63, 3.8) is 0 Å². The highest BCUT2D eigenvalue weighted by Gasteiger charge is 2.54. The molecule has 1 N–H and O–H groups in total. The smallest absolute Gasteiger partial charge is 0.261 e. The third-order valence-electron chi connectivity index (χ3n) is 18.0. The van der Waals surface area contributed by atoms with E-state index in [9.17, 15) is 5.11 Å². The van der Waals surface area contributed by atoms with Gasteiger partial charge in [0.25, 0.3) is 16.6 Å². The highest BCUT2D eigenvalue weighted by molar-refractivity contribution is 7.00. The SMILES string of the molecule is CCCCCCCCCC[C@H](O[Si](c1ccccc1)(c1ccccc1)C(C)(C)C)[C@H]1CC[C@@H]([C@@H]2CC[C@H]([C@H](O)CCCCCCCCCC[C@H](CCCOCc3ccccc3)O[Si](c3ccccc3)(c3ccccc3)C(C)(C)C)O2)O1. The first-order chi connectivity index (χ1) is 39.4. The summed E-state index contributed by atoms with van der Waals surface area (Å²) in [4.78, 5) is 0. The number of ether oxygens (including phenoxy) is 3. The second kappa shape index (κ2) is 33.7. The van der Waals surface area contributed by atoms with Crippen LogP contribution in [0, 0.1) is 0 Å². The number of unbranched alkanes of at least 4 members (excludes halogenated alkanes) is 14. The summed E-state index contributed by atoms with van der Waals surface area (Å²) in [7, 11) is -5.45. The first-order valence-corrected chi connectivity index (χ1v) is 36.4. The predicted octanol–water partition coefficient (Wildman–Crippen LogP) is 16.8. The standard InChI is InChI=1S/C73H108O6Si2/c1-8-9-10-11-12-17-20-38-53-71(79-81(73(5,6)7,64-48-33-24-34-49-64)65-50-35-25-36-51-65)70-57-56-69(77-70)68-55-54-67(76-68)66(74)52-37-19-16-14-13-15-18-28-42-61(43-39-58-75-59-60-40-26-21-27-41-60)78-80(72(2,3)4,62-44-29-22-30-45-62)63-46-31-23-32-47-63/h21-27,29-36,40-41,44-51,61,66-71,74H,8-20,28,37-39,42-43,52-59H2,1-7H3/t61-,66-,67-,68+,69+,70-,71+/m1/s1. The first-order valence-electron chi connectivity index (χ1n) is 32.5. The molecular formula is C73H108O6Si2. The van der Waals surface area contributed by atoms with Gasteiger partial charge in [-0.15, -0.1) is 0 Å². The van der Waals surface area contributed by atoms with Crippen molar-refractivity contribution in [2.45, 2.75) is 268 Å². The Labute approximate surface area is 495 Å². The van der Waals surface area contributed by atoms with Crippen molar-refractivity contribution in [3.05, 3.63) is 157 Å². The summed E-state index contributed by atoms with van der Waals surface area (Å²) in [5.74, 6) is 0. The Bertz CT molecular complexity index is 2330. The molecule has 81 heavy (non-hydrogen) atoms. The van der Waals surface area contributed by atoms with Gasteiger partial charge in [0.1, 0.15) is 0 Å². The van der Waals surface area contributed by atoms with E-state index < -0.39 is 22.7 Å². The molecule has 5 aromatic carbocycles. The van der Waals surface area contributed by atoms with Crippen molar-refractivity contribution in [3.8, 4) is 0 Å². The van der Waals surface area contributed by atoms with Gasteiger partial charge in [-0.25, -0.2) is 0 Å². The maximum atomic E-state index is 11.5. The Morgan fingerprint density at radius 3 is 1.26 bits per heavy atom. The van der Waals surface area contributed by atoms with E-state index in [0.717, 1.165) is 83.7 Å². The Kier molecular flexibility index (Phi) is 27.0. The molecule has 2 aliphatic rings. The van der Waals surface area contributed by atoms with Crippen LogP contribution in [0.25, 0.3) is 0 Å². The van der Waals surface area contributed by atoms with E-state index in [1.807, 2.05) is 0 Å². The zero-order valence-electron chi connectivity index (χ0n) is 51.6. The summed E-state index contributed by atoms with van der Waals surface area (Å²) in [6, 6.07) is 55.0. The molecule has 6 nitrogen and oxygen atoms in total. The van der Waals surface area contributed by atoms with Gasteiger partial charge >= 0.3 is 0 Å². The molecule has 8 heteroatoms. The predicted molar refractivity (Wildman–Crippen MR) is 346 cm³/mol. The molecule has 2 saturated heterocycles.